The van der Waals surface area contributed by atoms with Crippen LogP contribution in [0.1, 0.15) is 5.56 Å². The number of phenolic OH excluding ortho intramolecular Hbond substituents is 1. The lowest BCUT2D eigenvalue weighted by Gasteiger charge is -2.10. The maximum Gasteiger partial charge on any atom is 0.186 e. The molecule has 56 valence electrons. The molecule has 0 unspecified atom stereocenters. The molecule has 1 aromatic carbocycles. The molecule has 0 aliphatic carbocycles. The van der Waals surface area contributed by atoms with Crippen molar-refractivity contribution >= 4 is 18.1 Å². The second-order valence-electron chi connectivity index (χ2n) is 2.18. The number of hydrogen-bond acceptors (Lipinski definition) is 3. The fourth-order valence-electron chi connectivity index (χ4n) is 0.941. The summed E-state index contributed by atoms with van der Waals surface area (Å²) in [6, 6.07) is 5.29. The van der Waals surface area contributed by atoms with Gasteiger partial charge < -0.3 is 9.29 Å². The van der Waals surface area contributed by atoms with E-state index >= 15 is 0 Å². The van der Waals surface area contributed by atoms with E-state index in [1.54, 1.807) is 12.1 Å². The second kappa shape index (κ2) is 2.51. The highest BCUT2D eigenvalue weighted by molar-refractivity contribution is 7.98. The summed E-state index contributed by atoms with van der Waals surface area (Å²) in [6.45, 7) is 0. The summed E-state index contributed by atoms with van der Waals surface area (Å²) in [5, 5.41) is 11.1. The van der Waals surface area contributed by atoms with Crippen LogP contribution in [0.4, 0.5) is 0 Å². The third-order valence-corrected chi connectivity index (χ3v) is 1.97. The summed E-state index contributed by atoms with van der Waals surface area (Å²) in [4.78, 5) is 0. The molecule has 1 aliphatic heterocycles. The summed E-state index contributed by atoms with van der Waals surface area (Å²) >= 11 is 1.21. The standard InChI is InChI=1S/C8H6O2S/c9-7-3-1-2-6-4-5-11-10-8(6)7/h1-5,9H. The zero-order chi connectivity index (χ0) is 7.68. The summed E-state index contributed by atoms with van der Waals surface area (Å²) in [5.41, 5.74) is 0.920. The van der Waals surface area contributed by atoms with E-state index in [4.69, 9.17) is 4.18 Å². The van der Waals surface area contributed by atoms with Crippen LogP contribution in [0.25, 0.3) is 6.08 Å². The normalized spacial score (nSPS) is 13.8. The third-order valence-electron chi connectivity index (χ3n) is 1.46. The maximum atomic E-state index is 9.28. The topological polar surface area (TPSA) is 29.5 Å². The first kappa shape index (κ1) is 6.61. The minimum Gasteiger partial charge on any atom is -0.504 e. The maximum absolute atomic E-state index is 9.28. The van der Waals surface area contributed by atoms with Gasteiger partial charge >= 0.3 is 0 Å². The van der Waals surface area contributed by atoms with Gasteiger partial charge in [0, 0.05) is 11.0 Å². The molecule has 3 heteroatoms. The minimum atomic E-state index is 0.194. The van der Waals surface area contributed by atoms with Gasteiger partial charge in [0.05, 0.1) is 12.0 Å². The second-order valence-corrected chi connectivity index (χ2v) is 2.81. The smallest absolute Gasteiger partial charge is 0.186 e. The summed E-state index contributed by atoms with van der Waals surface area (Å²) < 4.78 is 5.13. The SMILES string of the molecule is Oc1cccc2c1OSC=C2. The lowest BCUT2D eigenvalue weighted by Crippen LogP contribution is -1.87. The average molecular weight is 166 g/mol. The van der Waals surface area contributed by atoms with Crippen LogP contribution in [0, 0.1) is 0 Å². The van der Waals surface area contributed by atoms with Crippen LogP contribution in [-0.4, -0.2) is 5.11 Å². The van der Waals surface area contributed by atoms with Crippen LogP contribution in [0.5, 0.6) is 11.5 Å². The van der Waals surface area contributed by atoms with Gasteiger partial charge in [0.2, 0.25) is 0 Å². The van der Waals surface area contributed by atoms with Crippen molar-refractivity contribution in [2.24, 2.45) is 0 Å². The summed E-state index contributed by atoms with van der Waals surface area (Å²) in [5.74, 6) is 0.749. The first-order valence-corrected chi connectivity index (χ1v) is 4.00. The molecule has 0 atom stereocenters. The average Bonchev–Trinajstić information content (AvgIpc) is 2.06. The molecule has 0 spiro atoms. The molecule has 0 fully saturated rings. The molecule has 1 aliphatic rings. The molecular formula is C8H6O2S. The Morgan fingerprint density at radius 1 is 1.36 bits per heavy atom. The van der Waals surface area contributed by atoms with Crippen molar-refractivity contribution in [3.05, 3.63) is 29.2 Å². The Morgan fingerprint density at radius 2 is 2.27 bits per heavy atom. The molecular weight excluding hydrogens is 160 g/mol. The first-order valence-electron chi connectivity index (χ1n) is 3.20. The fraction of sp³-hybridized carbons (Fsp3) is 0. The lowest BCUT2D eigenvalue weighted by molar-refractivity contribution is 0.450. The zero-order valence-electron chi connectivity index (χ0n) is 5.65. The molecule has 1 N–H and O–H groups in total. The predicted molar refractivity (Wildman–Crippen MR) is 45.4 cm³/mol. The van der Waals surface area contributed by atoms with Crippen molar-refractivity contribution in [1.29, 1.82) is 0 Å². The Kier molecular flexibility index (Phi) is 1.51. The van der Waals surface area contributed by atoms with Gasteiger partial charge in [0.15, 0.2) is 11.5 Å². The van der Waals surface area contributed by atoms with Gasteiger partial charge in [-0.05, 0) is 12.1 Å². The number of phenols is 1. The van der Waals surface area contributed by atoms with Gasteiger partial charge in [-0.25, -0.2) is 0 Å². The van der Waals surface area contributed by atoms with Crippen LogP contribution < -0.4 is 4.18 Å². The summed E-state index contributed by atoms with van der Waals surface area (Å²) in [6.07, 6.45) is 1.91. The van der Waals surface area contributed by atoms with Crippen molar-refractivity contribution in [2.45, 2.75) is 0 Å². The Morgan fingerprint density at radius 3 is 3.09 bits per heavy atom. The molecule has 11 heavy (non-hydrogen) atoms. The Hall–Kier alpha value is -1.09. The first-order chi connectivity index (χ1) is 5.38. The molecule has 0 aromatic heterocycles. The molecule has 0 saturated heterocycles. The van der Waals surface area contributed by atoms with Crippen molar-refractivity contribution in [1.82, 2.24) is 0 Å². The molecule has 0 radical (unpaired) electrons. The van der Waals surface area contributed by atoms with Crippen LogP contribution in [-0.2, 0) is 0 Å². The van der Waals surface area contributed by atoms with Gasteiger partial charge in [-0.2, -0.15) is 0 Å². The van der Waals surface area contributed by atoms with E-state index in [1.807, 2.05) is 17.6 Å². The highest BCUT2D eigenvalue weighted by atomic mass is 32.2. The molecule has 1 aromatic rings. The minimum absolute atomic E-state index is 0.194. The van der Waals surface area contributed by atoms with Crippen molar-refractivity contribution < 1.29 is 9.29 Å². The molecule has 0 amide bonds. The van der Waals surface area contributed by atoms with Crippen LogP contribution in [0.3, 0.4) is 0 Å². The number of rotatable bonds is 0. The third kappa shape index (κ3) is 1.07. The lowest BCUT2D eigenvalue weighted by atomic mass is 10.2. The van der Waals surface area contributed by atoms with Crippen molar-refractivity contribution in [2.75, 3.05) is 0 Å². The number of para-hydroxylation sites is 1. The Bertz CT molecular complexity index is 307. The van der Waals surface area contributed by atoms with Crippen molar-refractivity contribution in [3.63, 3.8) is 0 Å². The highest BCUT2D eigenvalue weighted by Gasteiger charge is 2.09. The van der Waals surface area contributed by atoms with Crippen LogP contribution in [0.15, 0.2) is 23.6 Å². The van der Waals surface area contributed by atoms with Crippen LogP contribution in [0.2, 0.25) is 0 Å². The fourth-order valence-corrected chi connectivity index (χ4v) is 1.48. The van der Waals surface area contributed by atoms with Gasteiger partial charge in [-0.15, -0.1) is 0 Å². The van der Waals surface area contributed by atoms with E-state index < -0.39 is 0 Å². The van der Waals surface area contributed by atoms with E-state index in [-0.39, 0.29) is 5.75 Å². The van der Waals surface area contributed by atoms with E-state index in [1.165, 1.54) is 12.0 Å². The zero-order valence-corrected chi connectivity index (χ0v) is 6.47. The highest BCUT2D eigenvalue weighted by Crippen LogP contribution is 2.36. The molecule has 0 bridgehead atoms. The van der Waals surface area contributed by atoms with Crippen LogP contribution >= 0.6 is 12.0 Å². The molecule has 2 rings (SSSR count). The number of aromatic hydroxyl groups is 1. The van der Waals surface area contributed by atoms with E-state index in [9.17, 15) is 5.11 Å². The van der Waals surface area contributed by atoms with Crippen molar-refractivity contribution in [3.8, 4) is 11.5 Å². The molecule has 1 heterocycles. The molecule has 2 nitrogen and oxygen atoms in total. The Labute approximate surface area is 68.7 Å². The van der Waals surface area contributed by atoms with Gasteiger partial charge in [0.1, 0.15) is 0 Å². The van der Waals surface area contributed by atoms with Gasteiger partial charge in [0.25, 0.3) is 0 Å². The number of hydrogen-bond donors (Lipinski definition) is 1. The van der Waals surface area contributed by atoms with E-state index in [2.05, 4.69) is 0 Å². The molecule has 0 saturated carbocycles. The Balaban J connectivity index is 2.60. The monoisotopic (exact) mass is 166 g/mol. The predicted octanol–water partition coefficient (Wildman–Crippen LogP) is 2.40. The quantitative estimate of drug-likeness (QED) is 0.600. The summed E-state index contributed by atoms with van der Waals surface area (Å²) in [7, 11) is 0. The van der Waals surface area contributed by atoms with E-state index in [0.717, 1.165) is 5.56 Å². The number of fused-ring (bicyclic) bond motifs is 1. The van der Waals surface area contributed by atoms with E-state index in [0.29, 0.717) is 5.75 Å². The van der Waals surface area contributed by atoms with Gasteiger partial charge in [-0.3, -0.25) is 0 Å². The number of benzene rings is 1. The van der Waals surface area contributed by atoms with Gasteiger partial charge in [-0.1, -0.05) is 12.1 Å². The largest absolute Gasteiger partial charge is 0.504 e.